The average molecular weight is 389 g/mol. The lowest BCUT2D eigenvalue weighted by atomic mass is 10.1. The highest BCUT2D eigenvalue weighted by Gasteiger charge is 2.11. The van der Waals surface area contributed by atoms with Crippen LogP contribution >= 0.6 is 11.6 Å². The van der Waals surface area contributed by atoms with Crippen LogP contribution < -0.4 is 11.1 Å². The van der Waals surface area contributed by atoms with Crippen molar-refractivity contribution < 1.29 is 13.6 Å². The van der Waals surface area contributed by atoms with Crippen LogP contribution in [0.4, 0.5) is 8.78 Å². The van der Waals surface area contributed by atoms with Crippen LogP contribution in [0.5, 0.6) is 0 Å². The Morgan fingerprint density at radius 3 is 2.63 bits per heavy atom. The Kier molecular flexibility index (Phi) is 5.37. The van der Waals surface area contributed by atoms with Crippen LogP contribution in [0.15, 0.2) is 58.4 Å². The molecule has 0 saturated carbocycles. The summed E-state index contributed by atoms with van der Waals surface area (Å²) in [4.78, 5) is 29.9. The summed E-state index contributed by atoms with van der Waals surface area (Å²) in [6.07, 6.45) is 1.05. The molecule has 136 valence electrons. The lowest BCUT2D eigenvalue weighted by molar-refractivity contribution is 0.0949. The van der Waals surface area contributed by atoms with Gasteiger partial charge >= 0.3 is 5.69 Å². The van der Waals surface area contributed by atoms with Gasteiger partial charge in [-0.3, -0.25) is 4.79 Å². The number of hydrazone groups is 1. The fourth-order valence-electron chi connectivity index (χ4n) is 2.20. The summed E-state index contributed by atoms with van der Waals surface area (Å²) in [5.74, 6) is -1.79. The molecule has 0 fully saturated rings. The van der Waals surface area contributed by atoms with E-state index in [1.54, 1.807) is 0 Å². The molecule has 1 amide bonds. The summed E-state index contributed by atoms with van der Waals surface area (Å²) < 4.78 is 26.7. The number of hydrogen-bond acceptors (Lipinski definition) is 4. The van der Waals surface area contributed by atoms with Crippen molar-refractivity contribution in [2.24, 2.45) is 5.10 Å². The Hall–Kier alpha value is -3.39. The predicted molar refractivity (Wildman–Crippen MR) is 96.7 cm³/mol. The lowest BCUT2D eigenvalue weighted by Gasteiger charge is -2.04. The zero-order valence-electron chi connectivity index (χ0n) is 13.5. The van der Waals surface area contributed by atoms with E-state index in [0.717, 1.165) is 6.21 Å². The molecule has 1 heterocycles. The molecule has 2 N–H and O–H groups in total. The molecule has 0 aliphatic rings. The van der Waals surface area contributed by atoms with E-state index in [1.807, 2.05) is 0 Å². The smallest absolute Gasteiger partial charge is 0.301 e. The third kappa shape index (κ3) is 4.42. The van der Waals surface area contributed by atoms with Gasteiger partial charge in [-0.15, -0.1) is 0 Å². The Labute approximate surface area is 156 Å². The quantitative estimate of drug-likeness (QED) is 0.531. The maximum atomic E-state index is 13.6. The topological polar surface area (TPSA) is 87.2 Å². The Balaban J connectivity index is 1.82. The number of nitrogens with zero attached hydrogens (tertiary/aromatic N) is 2. The number of rotatable bonds is 4. The van der Waals surface area contributed by atoms with Crippen molar-refractivity contribution in [1.29, 1.82) is 0 Å². The maximum Gasteiger partial charge on any atom is 0.346 e. The van der Waals surface area contributed by atoms with E-state index in [1.165, 1.54) is 48.5 Å². The zero-order chi connectivity index (χ0) is 19.4. The monoisotopic (exact) mass is 388 g/mol. The van der Waals surface area contributed by atoms with Gasteiger partial charge in [0.2, 0.25) is 0 Å². The summed E-state index contributed by atoms with van der Waals surface area (Å²) in [5.41, 5.74) is 1.93. The third-order valence-corrected chi connectivity index (χ3v) is 3.82. The van der Waals surface area contributed by atoms with Crippen LogP contribution in [0.25, 0.3) is 11.3 Å². The molecule has 9 heteroatoms. The molecule has 0 aliphatic heterocycles. The number of hydrogen-bond donors (Lipinski definition) is 2. The molecule has 0 spiro atoms. The number of aromatic nitrogens is 2. The van der Waals surface area contributed by atoms with Crippen molar-refractivity contribution in [3.8, 4) is 11.3 Å². The second-order valence-corrected chi connectivity index (χ2v) is 5.73. The first kappa shape index (κ1) is 18.4. The summed E-state index contributed by atoms with van der Waals surface area (Å²) in [6, 6.07) is 10.7. The highest BCUT2D eigenvalue weighted by molar-refractivity contribution is 6.33. The van der Waals surface area contributed by atoms with Gasteiger partial charge in [0.1, 0.15) is 17.3 Å². The molecule has 2 aromatic carbocycles. The van der Waals surface area contributed by atoms with E-state index in [-0.39, 0.29) is 22.0 Å². The number of aromatic amines is 1. The molecule has 3 aromatic rings. The standard InChI is InChI=1S/C18H11ClF2N4O2/c19-13-2-1-3-14(21)12(13)9-22-25-17(26)16-8-15(23-18(27)24-16)10-4-6-11(20)7-5-10/h1-9H,(H,25,26)(H,23,24,27)/b22-9+. The van der Waals surface area contributed by atoms with Crippen LogP contribution in [-0.4, -0.2) is 22.1 Å². The average Bonchev–Trinajstić information content (AvgIpc) is 2.64. The number of halogens is 3. The number of carbonyl (C=O) groups excluding carboxylic acids is 1. The fourth-order valence-corrected chi connectivity index (χ4v) is 2.41. The Bertz CT molecular complexity index is 1060. The number of benzene rings is 2. The lowest BCUT2D eigenvalue weighted by Crippen LogP contribution is -2.24. The Morgan fingerprint density at radius 1 is 1.19 bits per heavy atom. The third-order valence-electron chi connectivity index (χ3n) is 3.49. The summed E-state index contributed by atoms with van der Waals surface area (Å²) in [6.45, 7) is 0. The van der Waals surface area contributed by atoms with Gasteiger partial charge in [0.15, 0.2) is 0 Å². The second kappa shape index (κ2) is 7.88. The molecule has 27 heavy (non-hydrogen) atoms. The zero-order valence-corrected chi connectivity index (χ0v) is 14.3. The Morgan fingerprint density at radius 2 is 1.93 bits per heavy atom. The molecular weight excluding hydrogens is 378 g/mol. The molecule has 3 rings (SSSR count). The van der Waals surface area contributed by atoms with Crippen LogP contribution in [-0.2, 0) is 0 Å². The molecule has 0 bridgehead atoms. The van der Waals surface area contributed by atoms with Crippen molar-refractivity contribution in [1.82, 2.24) is 15.4 Å². The largest absolute Gasteiger partial charge is 0.346 e. The fraction of sp³-hybridized carbons (Fsp3) is 0. The molecule has 0 atom stereocenters. The molecule has 0 saturated heterocycles. The second-order valence-electron chi connectivity index (χ2n) is 5.33. The SMILES string of the molecule is O=C(N/N=C/c1c(F)cccc1Cl)c1cc(-c2ccc(F)cc2)nc(=O)[nH]1. The van der Waals surface area contributed by atoms with E-state index < -0.39 is 23.2 Å². The molecule has 1 aromatic heterocycles. The highest BCUT2D eigenvalue weighted by atomic mass is 35.5. The van der Waals surface area contributed by atoms with Gasteiger partial charge in [-0.25, -0.2) is 19.0 Å². The molecular formula is C18H11ClF2N4O2. The minimum absolute atomic E-state index is 0.00897. The van der Waals surface area contributed by atoms with Crippen LogP contribution in [0, 0.1) is 11.6 Å². The van der Waals surface area contributed by atoms with E-state index in [0.29, 0.717) is 5.56 Å². The number of carbonyl (C=O) groups is 1. The van der Waals surface area contributed by atoms with Gasteiger partial charge in [0, 0.05) is 11.1 Å². The minimum Gasteiger partial charge on any atom is -0.301 e. The molecule has 0 aliphatic carbocycles. The molecule has 0 unspecified atom stereocenters. The van der Waals surface area contributed by atoms with Crippen molar-refractivity contribution in [2.75, 3.05) is 0 Å². The minimum atomic E-state index is -0.761. The van der Waals surface area contributed by atoms with Gasteiger partial charge in [-0.05, 0) is 42.5 Å². The normalized spacial score (nSPS) is 10.9. The summed E-state index contributed by atoms with van der Waals surface area (Å²) in [5, 5.41) is 3.77. The van der Waals surface area contributed by atoms with Gasteiger partial charge in [-0.2, -0.15) is 10.1 Å². The maximum absolute atomic E-state index is 13.6. The van der Waals surface area contributed by atoms with E-state index in [4.69, 9.17) is 11.6 Å². The highest BCUT2D eigenvalue weighted by Crippen LogP contribution is 2.17. The van der Waals surface area contributed by atoms with Crippen molar-refractivity contribution in [2.45, 2.75) is 0 Å². The van der Waals surface area contributed by atoms with Crippen molar-refractivity contribution >= 4 is 23.7 Å². The number of H-pyrrole nitrogens is 1. The van der Waals surface area contributed by atoms with Crippen LogP contribution in [0.2, 0.25) is 5.02 Å². The summed E-state index contributed by atoms with van der Waals surface area (Å²) >= 11 is 5.86. The number of amides is 1. The number of nitrogens with one attached hydrogen (secondary N) is 2. The van der Waals surface area contributed by atoms with Gasteiger partial charge in [0.25, 0.3) is 5.91 Å². The van der Waals surface area contributed by atoms with E-state index >= 15 is 0 Å². The first-order chi connectivity index (χ1) is 12.9. The van der Waals surface area contributed by atoms with Gasteiger partial charge in [0.05, 0.1) is 16.9 Å². The van der Waals surface area contributed by atoms with Gasteiger partial charge < -0.3 is 4.98 Å². The predicted octanol–water partition coefficient (Wildman–Crippen LogP) is 3.13. The van der Waals surface area contributed by atoms with Crippen molar-refractivity contribution in [3.05, 3.63) is 86.9 Å². The van der Waals surface area contributed by atoms with E-state index in [2.05, 4.69) is 20.5 Å². The first-order valence-corrected chi connectivity index (χ1v) is 7.96. The van der Waals surface area contributed by atoms with Crippen LogP contribution in [0.3, 0.4) is 0 Å². The molecule has 6 nitrogen and oxygen atoms in total. The van der Waals surface area contributed by atoms with Gasteiger partial charge in [-0.1, -0.05) is 17.7 Å². The van der Waals surface area contributed by atoms with Crippen LogP contribution in [0.1, 0.15) is 16.1 Å². The van der Waals surface area contributed by atoms with Crippen molar-refractivity contribution in [3.63, 3.8) is 0 Å². The first-order valence-electron chi connectivity index (χ1n) is 7.59. The van der Waals surface area contributed by atoms with E-state index in [9.17, 15) is 18.4 Å². The summed E-state index contributed by atoms with van der Waals surface area (Å²) in [7, 11) is 0. The molecule has 0 radical (unpaired) electrons.